The minimum atomic E-state index is -0.659. The summed E-state index contributed by atoms with van der Waals surface area (Å²) in [4.78, 5) is 34.0. The van der Waals surface area contributed by atoms with Crippen molar-refractivity contribution in [3.05, 3.63) is 93.4 Å². The monoisotopic (exact) mass is 469 g/mol. The number of hydrogen-bond donors (Lipinski definition) is 1. The van der Waals surface area contributed by atoms with Crippen molar-refractivity contribution in [1.82, 2.24) is 5.43 Å². The maximum atomic E-state index is 11.9. The standard InChI is InChI=1S/C22H16ClN3O7/c23-16-5-9-20(19(12-16)26(29)30)32-14-21(27)25-24-13-15-3-6-18(7-4-15)33-22(28)10-8-17-2-1-11-31-17/h1-13H,14H2,(H,25,27)/b10-8+,24-13+. The highest BCUT2D eigenvalue weighted by Crippen LogP contribution is 2.29. The van der Waals surface area contributed by atoms with Crippen LogP contribution in [0.25, 0.3) is 6.08 Å². The van der Waals surface area contributed by atoms with Gasteiger partial charge in [0.25, 0.3) is 5.91 Å². The number of esters is 1. The normalized spacial score (nSPS) is 10.9. The number of nitrogens with one attached hydrogen (secondary N) is 1. The molecule has 0 saturated carbocycles. The molecule has 168 valence electrons. The predicted molar refractivity (Wildman–Crippen MR) is 119 cm³/mol. The SMILES string of the molecule is O=C(COc1ccc(Cl)cc1[N+](=O)[O-])N/N=C/c1ccc(OC(=O)/C=C/c2ccco2)cc1. The van der Waals surface area contributed by atoms with E-state index < -0.39 is 23.4 Å². The molecule has 0 bridgehead atoms. The molecule has 2 aromatic carbocycles. The third-order valence-corrected chi connectivity index (χ3v) is 4.14. The molecule has 0 aliphatic carbocycles. The molecule has 0 saturated heterocycles. The van der Waals surface area contributed by atoms with Crippen molar-refractivity contribution in [3.63, 3.8) is 0 Å². The van der Waals surface area contributed by atoms with Crippen molar-refractivity contribution >= 4 is 41.5 Å². The number of benzene rings is 2. The fourth-order valence-corrected chi connectivity index (χ4v) is 2.58. The lowest BCUT2D eigenvalue weighted by Crippen LogP contribution is -2.24. The van der Waals surface area contributed by atoms with Gasteiger partial charge in [-0.1, -0.05) is 11.6 Å². The molecular formula is C22H16ClN3O7. The van der Waals surface area contributed by atoms with Crippen LogP contribution in [0.4, 0.5) is 5.69 Å². The van der Waals surface area contributed by atoms with Gasteiger partial charge in [-0.15, -0.1) is 0 Å². The second-order valence-corrected chi connectivity index (χ2v) is 6.73. The molecule has 1 N–H and O–H groups in total. The molecule has 0 unspecified atom stereocenters. The zero-order chi connectivity index (χ0) is 23.6. The molecule has 33 heavy (non-hydrogen) atoms. The molecule has 0 aliphatic rings. The van der Waals surface area contributed by atoms with Crippen LogP contribution in [0, 0.1) is 10.1 Å². The number of rotatable bonds is 9. The second kappa shape index (κ2) is 11.3. The Balaban J connectivity index is 1.46. The molecular weight excluding hydrogens is 454 g/mol. The number of carbonyl (C=O) groups is 2. The van der Waals surface area contributed by atoms with Crippen LogP contribution in [0.15, 0.2) is 76.5 Å². The topological polar surface area (TPSA) is 133 Å². The maximum absolute atomic E-state index is 11.9. The van der Waals surface area contributed by atoms with E-state index in [4.69, 9.17) is 25.5 Å². The number of nitro groups is 1. The Hall–Kier alpha value is -4.44. The van der Waals surface area contributed by atoms with Gasteiger partial charge in [-0.05, 0) is 60.2 Å². The van der Waals surface area contributed by atoms with Crippen molar-refractivity contribution in [1.29, 1.82) is 0 Å². The molecule has 0 fully saturated rings. The Morgan fingerprint density at radius 1 is 1.18 bits per heavy atom. The fraction of sp³-hybridized carbons (Fsp3) is 0.0455. The average molecular weight is 470 g/mol. The second-order valence-electron chi connectivity index (χ2n) is 6.29. The molecule has 1 heterocycles. The van der Waals surface area contributed by atoms with Crippen molar-refractivity contribution < 1.29 is 28.4 Å². The van der Waals surface area contributed by atoms with E-state index in [2.05, 4.69) is 10.5 Å². The first-order valence-electron chi connectivity index (χ1n) is 9.33. The molecule has 1 amide bonds. The lowest BCUT2D eigenvalue weighted by atomic mass is 10.2. The van der Waals surface area contributed by atoms with Crippen LogP contribution in [0.3, 0.4) is 0 Å². The average Bonchev–Trinajstić information content (AvgIpc) is 3.32. The van der Waals surface area contributed by atoms with Gasteiger partial charge < -0.3 is 13.9 Å². The van der Waals surface area contributed by atoms with Gasteiger partial charge in [0, 0.05) is 17.2 Å². The third-order valence-electron chi connectivity index (χ3n) is 3.90. The number of halogens is 1. The molecule has 3 aromatic rings. The Kier molecular flexibility index (Phi) is 7.92. The number of hydrazone groups is 1. The summed E-state index contributed by atoms with van der Waals surface area (Å²) in [5.74, 6) is -0.432. The smallest absolute Gasteiger partial charge is 0.336 e. The van der Waals surface area contributed by atoms with E-state index in [1.54, 1.807) is 36.4 Å². The molecule has 0 atom stereocenters. The van der Waals surface area contributed by atoms with E-state index in [0.29, 0.717) is 17.1 Å². The first-order valence-corrected chi connectivity index (χ1v) is 9.70. The van der Waals surface area contributed by atoms with Crippen molar-refractivity contribution in [3.8, 4) is 11.5 Å². The summed E-state index contributed by atoms with van der Waals surface area (Å²) in [5.41, 5.74) is 2.51. The number of carbonyl (C=O) groups excluding carboxylic acids is 2. The van der Waals surface area contributed by atoms with Crippen LogP contribution in [-0.4, -0.2) is 29.6 Å². The van der Waals surface area contributed by atoms with Gasteiger partial charge in [-0.2, -0.15) is 5.10 Å². The van der Waals surface area contributed by atoms with Gasteiger partial charge in [0.1, 0.15) is 11.5 Å². The predicted octanol–water partition coefficient (Wildman–Crippen LogP) is 3.99. The van der Waals surface area contributed by atoms with E-state index in [1.807, 2.05) is 0 Å². The zero-order valence-electron chi connectivity index (χ0n) is 16.8. The largest absolute Gasteiger partial charge is 0.477 e. The summed E-state index contributed by atoms with van der Waals surface area (Å²) < 4.78 is 15.4. The van der Waals surface area contributed by atoms with E-state index in [0.717, 1.165) is 6.07 Å². The fourth-order valence-electron chi connectivity index (χ4n) is 2.42. The highest BCUT2D eigenvalue weighted by atomic mass is 35.5. The van der Waals surface area contributed by atoms with Crippen LogP contribution in [0.1, 0.15) is 11.3 Å². The van der Waals surface area contributed by atoms with Crippen molar-refractivity contribution in [2.75, 3.05) is 6.61 Å². The van der Waals surface area contributed by atoms with Gasteiger partial charge in [0.15, 0.2) is 12.4 Å². The molecule has 0 radical (unpaired) electrons. The van der Waals surface area contributed by atoms with Gasteiger partial charge in [-0.25, -0.2) is 10.2 Å². The van der Waals surface area contributed by atoms with Crippen LogP contribution < -0.4 is 14.9 Å². The molecule has 3 rings (SSSR count). The van der Waals surface area contributed by atoms with Gasteiger partial charge in [0.2, 0.25) is 0 Å². The van der Waals surface area contributed by atoms with Crippen molar-refractivity contribution in [2.24, 2.45) is 5.10 Å². The lowest BCUT2D eigenvalue weighted by molar-refractivity contribution is -0.385. The van der Waals surface area contributed by atoms with E-state index in [9.17, 15) is 19.7 Å². The first kappa shape index (κ1) is 23.2. The van der Waals surface area contributed by atoms with Crippen LogP contribution in [0.2, 0.25) is 5.02 Å². The molecule has 10 nitrogen and oxygen atoms in total. The van der Waals surface area contributed by atoms with Gasteiger partial charge >= 0.3 is 11.7 Å². The van der Waals surface area contributed by atoms with Gasteiger partial charge in [0.05, 0.1) is 17.4 Å². The Morgan fingerprint density at radius 3 is 2.67 bits per heavy atom. The Bertz CT molecular complexity index is 1190. The van der Waals surface area contributed by atoms with Crippen LogP contribution >= 0.6 is 11.6 Å². The van der Waals surface area contributed by atoms with Crippen LogP contribution in [0.5, 0.6) is 11.5 Å². The number of ether oxygens (including phenoxy) is 2. The number of hydrogen-bond acceptors (Lipinski definition) is 8. The summed E-state index contributed by atoms with van der Waals surface area (Å²) in [6.07, 6.45) is 5.59. The first-order chi connectivity index (χ1) is 15.9. The number of furan rings is 1. The number of amides is 1. The highest BCUT2D eigenvalue weighted by molar-refractivity contribution is 6.30. The van der Waals surface area contributed by atoms with Crippen LogP contribution in [-0.2, 0) is 9.59 Å². The molecule has 11 heteroatoms. The summed E-state index contributed by atoms with van der Waals surface area (Å²) in [6, 6.07) is 13.6. The lowest BCUT2D eigenvalue weighted by Gasteiger charge is -2.06. The Morgan fingerprint density at radius 2 is 1.97 bits per heavy atom. The third kappa shape index (κ3) is 7.33. The minimum absolute atomic E-state index is 0.0901. The minimum Gasteiger partial charge on any atom is -0.477 e. The summed E-state index contributed by atoms with van der Waals surface area (Å²) in [7, 11) is 0. The highest BCUT2D eigenvalue weighted by Gasteiger charge is 2.16. The summed E-state index contributed by atoms with van der Waals surface area (Å²) in [5, 5.41) is 15.0. The van der Waals surface area contributed by atoms with Gasteiger partial charge in [-0.3, -0.25) is 14.9 Å². The summed E-state index contributed by atoms with van der Waals surface area (Å²) in [6.45, 7) is -0.486. The molecule has 1 aromatic heterocycles. The van der Waals surface area contributed by atoms with E-state index in [-0.39, 0.29) is 16.5 Å². The van der Waals surface area contributed by atoms with E-state index in [1.165, 1.54) is 36.8 Å². The number of nitrogens with zero attached hydrogens (tertiary/aromatic N) is 2. The van der Waals surface area contributed by atoms with E-state index >= 15 is 0 Å². The molecule has 0 spiro atoms. The zero-order valence-corrected chi connectivity index (χ0v) is 17.6. The molecule has 0 aliphatic heterocycles. The summed E-state index contributed by atoms with van der Waals surface area (Å²) >= 11 is 5.73. The maximum Gasteiger partial charge on any atom is 0.336 e. The van der Waals surface area contributed by atoms with Crippen molar-refractivity contribution in [2.45, 2.75) is 0 Å². The number of nitro benzene ring substituents is 1. The quantitative estimate of drug-likeness (QED) is 0.125. The Labute approximate surface area is 192 Å².